The maximum atomic E-state index is 12.0. The van der Waals surface area contributed by atoms with E-state index in [9.17, 15) is 18.0 Å². The lowest BCUT2D eigenvalue weighted by atomic mass is 10.2. The Morgan fingerprint density at radius 2 is 1.86 bits per heavy atom. The standard InChI is InChI=1S/C15H14F3NO3/c1-10-2-7-13(22-10)14(20)19-8-11-3-5-12(6-4-11)21-9-15(16,17)18/h2-7H,8-9H2,1H3,(H,19,20). The third-order valence-corrected chi connectivity index (χ3v) is 2.74. The van der Waals surface area contributed by atoms with E-state index in [1.165, 1.54) is 12.1 Å². The fraction of sp³-hybridized carbons (Fsp3) is 0.267. The highest BCUT2D eigenvalue weighted by Gasteiger charge is 2.28. The lowest BCUT2D eigenvalue weighted by Gasteiger charge is -2.09. The summed E-state index contributed by atoms with van der Waals surface area (Å²) in [7, 11) is 0. The molecular formula is C15H14F3NO3. The van der Waals surface area contributed by atoms with E-state index in [4.69, 9.17) is 4.42 Å². The first kappa shape index (κ1) is 15.9. The molecule has 1 N–H and O–H groups in total. The predicted octanol–water partition coefficient (Wildman–Crippen LogP) is 3.46. The van der Waals surface area contributed by atoms with Crippen LogP contribution in [0.4, 0.5) is 13.2 Å². The van der Waals surface area contributed by atoms with Crippen molar-refractivity contribution in [1.29, 1.82) is 0 Å². The van der Waals surface area contributed by atoms with Crippen molar-refractivity contribution in [3.8, 4) is 5.75 Å². The number of furan rings is 1. The molecule has 2 aromatic rings. The van der Waals surface area contributed by atoms with Gasteiger partial charge in [-0.15, -0.1) is 0 Å². The number of ether oxygens (including phenoxy) is 1. The summed E-state index contributed by atoms with van der Waals surface area (Å²) in [6, 6.07) is 9.26. The molecule has 7 heteroatoms. The normalized spacial score (nSPS) is 11.3. The van der Waals surface area contributed by atoms with Crippen molar-refractivity contribution in [2.45, 2.75) is 19.6 Å². The third-order valence-electron chi connectivity index (χ3n) is 2.74. The van der Waals surface area contributed by atoms with Crippen LogP contribution in [-0.4, -0.2) is 18.7 Å². The Kier molecular flexibility index (Phi) is 4.75. The quantitative estimate of drug-likeness (QED) is 0.919. The van der Waals surface area contributed by atoms with E-state index >= 15 is 0 Å². The fourth-order valence-electron chi connectivity index (χ4n) is 1.69. The molecule has 1 heterocycles. The number of carbonyl (C=O) groups excluding carboxylic acids is 1. The molecule has 22 heavy (non-hydrogen) atoms. The van der Waals surface area contributed by atoms with E-state index in [2.05, 4.69) is 10.1 Å². The second kappa shape index (κ2) is 6.55. The van der Waals surface area contributed by atoms with Crippen LogP contribution in [0.25, 0.3) is 0 Å². The number of carbonyl (C=O) groups is 1. The Labute approximate surface area is 124 Å². The van der Waals surface area contributed by atoms with Crippen LogP contribution in [0.1, 0.15) is 21.9 Å². The summed E-state index contributed by atoms with van der Waals surface area (Å²) in [6.45, 7) is 0.634. The van der Waals surface area contributed by atoms with E-state index in [1.54, 1.807) is 31.2 Å². The van der Waals surface area contributed by atoms with Crippen LogP contribution >= 0.6 is 0 Å². The first-order chi connectivity index (χ1) is 10.3. The highest BCUT2D eigenvalue weighted by Crippen LogP contribution is 2.18. The molecule has 0 spiro atoms. The summed E-state index contributed by atoms with van der Waals surface area (Å²) in [5.74, 6) is 0.610. The molecule has 0 saturated heterocycles. The van der Waals surface area contributed by atoms with Gasteiger partial charge in [-0.1, -0.05) is 12.1 Å². The molecule has 2 rings (SSSR count). The van der Waals surface area contributed by atoms with Crippen LogP contribution in [0.3, 0.4) is 0 Å². The van der Waals surface area contributed by atoms with Gasteiger partial charge in [0.15, 0.2) is 12.4 Å². The number of alkyl halides is 3. The average Bonchev–Trinajstić information content (AvgIpc) is 2.89. The number of aryl methyl sites for hydroxylation is 1. The molecule has 118 valence electrons. The van der Waals surface area contributed by atoms with Crippen molar-refractivity contribution in [3.63, 3.8) is 0 Å². The molecule has 1 amide bonds. The molecule has 0 unspecified atom stereocenters. The van der Waals surface area contributed by atoms with Crippen molar-refractivity contribution in [1.82, 2.24) is 5.32 Å². The molecule has 0 aliphatic rings. The maximum absolute atomic E-state index is 12.0. The van der Waals surface area contributed by atoms with Gasteiger partial charge in [0.05, 0.1) is 0 Å². The monoisotopic (exact) mass is 313 g/mol. The van der Waals surface area contributed by atoms with Crippen molar-refractivity contribution < 1.29 is 27.1 Å². The third kappa shape index (κ3) is 4.83. The summed E-state index contributed by atoms with van der Waals surface area (Å²) in [6.07, 6.45) is -4.37. The second-order valence-electron chi connectivity index (χ2n) is 4.64. The number of hydrogen-bond acceptors (Lipinski definition) is 3. The van der Waals surface area contributed by atoms with Gasteiger partial charge in [-0.3, -0.25) is 4.79 Å². The molecule has 0 fully saturated rings. The zero-order valence-electron chi connectivity index (χ0n) is 11.7. The number of rotatable bonds is 5. The zero-order chi connectivity index (χ0) is 16.2. The molecule has 0 bridgehead atoms. The van der Waals surface area contributed by atoms with Gasteiger partial charge in [0, 0.05) is 6.54 Å². The van der Waals surface area contributed by atoms with Crippen LogP contribution in [0.5, 0.6) is 5.75 Å². The lowest BCUT2D eigenvalue weighted by Crippen LogP contribution is -2.22. The van der Waals surface area contributed by atoms with Gasteiger partial charge >= 0.3 is 6.18 Å². The van der Waals surface area contributed by atoms with Crippen LogP contribution in [0.2, 0.25) is 0 Å². The Morgan fingerprint density at radius 1 is 1.18 bits per heavy atom. The van der Waals surface area contributed by atoms with E-state index < -0.39 is 12.8 Å². The van der Waals surface area contributed by atoms with Gasteiger partial charge in [0.25, 0.3) is 5.91 Å². The van der Waals surface area contributed by atoms with Gasteiger partial charge in [0.2, 0.25) is 0 Å². The fourth-order valence-corrected chi connectivity index (χ4v) is 1.69. The minimum atomic E-state index is -4.37. The summed E-state index contributed by atoms with van der Waals surface area (Å²) in [4.78, 5) is 11.8. The topological polar surface area (TPSA) is 51.5 Å². The van der Waals surface area contributed by atoms with E-state index in [1.807, 2.05) is 0 Å². The number of benzene rings is 1. The van der Waals surface area contributed by atoms with E-state index in [0.717, 1.165) is 5.56 Å². The van der Waals surface area contributed by atoms with Crippen molar-refractivity contribution in [3.05, 3.63) is 53.5 Å². The summed E-state index contributed by atoms with van der Waals surface area (Å²) < 4.78 is 45.8. The number of nitrogens with one attached hydrogen (secondary N) is 1. The predicted molar refractivity (Wildman–Crippen MR) is 72.6 cm³/mol. The number of halogens is 3. The van der Waals surface area contributed by atoms with Crippen molar-refractivity contribution in [2.75, 3.05) is 6.61 Å². The summed E-state index contributed by atoms with van der Waals surface area (Å²) in [5, 5.41) is 2.65. The van der Waals surface area contributed by atoms with Gasteiger partial charge < -0.3 is 14.5 Å². The smallest absolute Gasteiger partial charge is 0.422 e. The SMILES string of the molecule is Cc1ccc(C(=O)NCc2ccc(OCC(F)(F)F)cc2)o1. The average molecular weight is 313 g/mol. The molecule has 1 aromatic carbocycles. The molecule has 0 aliphatic carbocycles. The highest BCUT2D eigenvalue weighted by molar-refractivity contribution is 5.91. The molecular weight excluding hydrogens is 299 g/mol. The van der Waals surface area contributed by atoms with E-state index in [-0.39, 0.29) is 24.0 Å². The molecule has 0 aliphatic heterocycles. The summed E-state index contributed by atoms with van der Waals surface area (Å²) >= 11 is 0. The second-order valence-corrected chi connectivity index (χ2v) is 4.64. The van der Waals surface area contributed by atoms with Crippen LogP contribution in [0, 0.1) is 6.92 Å². The number of amides is 1. The number of hydrogen-bond donors (Lipinski definition) is 1. The minimum Gasteiger partial charge on any atom is -0.484 e. The minimum absolute atomic E-state index is 0.120. The van der Waals surface area contributed by atoms with Gasteiger partial charge in [-0.05, 0) is 36.8 Å². The summed E-state index contributed by atoms with van der Waals surface area (Å²) in [5.41, 5.74) is 0.732. The highest BCUT2D eigenvalue weighted by atomic mass is 19.4. The Bertz CT molecular complexity index is 632. The molecule has 0 atom stereocenters. The first-order valence-electron chi connectivity index (χ1n) is 6.46. The van der Waals surface area contributed by atoms with Crippen LogP contribution < -0.4 is 10.1 Å². The Morgan fingerprint density at radius 3 is 2.41 bits per heavy atom. The molecule has 0 saturated carbocycles. The maximum Gasteiger partial charge on any atom is 0.422 e. The van der Waals surface area contributed by atoms with Gasteiger partial charge in [-0.25, -0.2) is 0 Å². The van der Waals surface area contributed by atoms with Crippen molar-refractivity contribution >= 4 is 5.91 Å². The van der Waals surface area contributed by atoms with Gasteiger partial charge in [0.1, 0.15) is 11.5 Å². The van der Waals surface area contributed by atoms with Gasteiger partial charge in [-0.2, -0.15) is 13.2 Å². The zero-order valence-corrected chi connectivity index (χ0v) is 11.7. The van der Waals surface area contributed by atoms with E-state index in [0.29, 0.717) is 5.76 Å². The largest absolute Gasteiger partial charge is 0.484 e. The van der Waals surface area contributed by atoms with Crippen LogP contribution in [0.15, 0.2) is 40.8 Å². The Hall–Kier alpha value is -2.44. The molecule has 4 nitrogen and oxygen atoms in total. The Balaban J connectivity index is 1.85. The molecule has 0 radical (unpaired) electrons. The van der Waals surface area contributed by atoms with Crippen molar-refractivity contribution in [2.24, 2.45) is 0 Å². The molecule has 1 aromatic heterocycles. The van der Waals surface area contributed by atoms with Crippen LogP contribution in [-0.2, 0) is 6.54 Å². The first-order valence-corrected chi connectivity index (χ1v) is 6.46. The lowest BCUT2D eigenvalue weighted by molar-refractivity contribution is -0.153.